The Bertz CT molecular complexity index is 393. The maximum absolute atomic E-state index is 11.7. The van der Waals surface area contributed by atoms with Gasteiger partial charge in [-0.25, -0.2) is 4.79 Å². The van der Waals surface area contributed by atoms with Gasteiger partial charge in [0, 0.05) is 5.41 Å². The highest BCUT2D eigenvalue weighted by Crippen LogP contribution is 2.66. The van der Waals surface area contributed by atoms with Crippen molar-refractivity contribution in [3.63, 3.8) is 0 Å². The average molecular weight is 333 g/mol. The molecule has 2 aliphatic rings. The standard InChI is InChI=1S/C14H21BrO4/c1-13(2)9-4-5-14(13,3)10(6-9)19-12(17)8-18-11(16)7-15/h9-10H,4-8H2,1-3H3. The summed E-state index contributed by atoms with van der Waals surface area (Å²) < 4.78 is 10.3. The minimum Gasteiger partial charge on any atom is -0.459 e. The topological polar surface area (TPSA) is 52.6 Å². The molecule has 0 amide bonds. The Morgan fingerprint density at radius 2 is 1.95 bits per heavy atom. The summed E-state index contributed by atoms with van der Waals surface area (Å²) in [7, 11) is 0. The van der Waals surface area contributed by atoms with E-state index in [-0.39, 0.29) is 28.9 Å². The normalized spacial score (nSPS) is 35.2. The molecule has 0 heterocycles. The molecule has 108 valence electrons. The van der Waals surface area contributed by atoms with E-state index in [0.29, 0.717) is 5.92 Å². The van der Waals surface area contributed by atoms with E-state index >= 15 is 0 Å². The largest absolute Gasteiger partial charge is 0.459 e. The zero-order valence-electron chi connectivity index (χ0n) is 11.7. The highest BCUT2D eigenvalue weighted by molar-refractivity contribution is 9.09. The number of esters is 2. The fourth-order valence-electron chi connectivity index (χ4n) is 3.68. The van der Waals surface area contributed by atoms with Crippen LogP contribution in [0.1, 0.15) is 40.0 Å². The van der Waals surface area contributed by atoms with Gasteiger partial charge in [0.15, 0.2) is 6.61 Å². The first-order chi connectivity index (χ1) is 8.81. The Morgan fingerprint density at radius 1 is 1.26 bits per heavy atom. The monoisotopic (exact) mass is 332 g/mol. The summed E-state index contributed by atoms with van der Waals surface area (Å²) in [6.45, 7) is 6.46. The lowest BCUT2D eigenvalue weighted by molar-refractivity contribution is -0.166. The van der Waals surface area contributed by atoms with Gasteiger partial charge in [0.2, 0.25) is 0 Å². The highest BCUT2D eigenvalue weighted by Gasteiger charge is 2.62. The van der Waals surface area contributed by atoms with Gasteiger partial charge in [-0.15, -0.1) is 0 Å². The second-order valence-electron chi connectivity index (χ2n) is 6.38. The Labute approximate surface area is 122 Å². The van der Waals surface area contributed by atoms with Gasteiger partial charge in [-0.2, -0.15) is 0 Å². The zero-order chi connectivity index (χ0) is 14.3. The van der Waals surface area contributed by atoms with Crippen LogP contribution in [0.15, 0.2) is 0 Å². The van der Waals surface area contributed by atoms with Gasteiger partial charge >= 0.3 is 11.9 Å². The minimum atomic E-state index is -0.448. The van der Waals surface area contributed by atoms with Crippen LogP contribution in [0.25, 0.3) is 0 Å². The summed E-state index contributed by atoms with van der Waals surface area (Å²) in [4.78, 5) is 22.7. The maximum atomic E-state index is 11.7. The molecular formula is C14H21BrO4. The van der Waals surface area contributed by atoms with Crippen molar-refractivity contribution >= 4 is 27.9 Å². The molecule has 5 heteroatoms. The second kappa shape index (κ2) is 5.08. The van der Waals surface area contributed by atoms with Crippen molar-refractivity contribution < 1.29 is 19.1 Å². The molecule has 2 aliphatic carbocycles. The number of ether oxygens (including phenoxy) is 2. The smallest absolute Gasteiger partial charge is 0.344 e. The lowest BCUT2D eigenvalue weighted by Crippen LogP contribution is -2.39. The first kappa shape index (κ1) is 14.8. The van der Waals surface area contributed by atoms with Crippen LogP contribution >= 0.6 is 15.9 Å². The van der Waals surface area contributed by atoms with Crippen LogP contribution in [0, 0.1) is 16.7 Å². The van der Waals surface area contributed by atoms with Crippen molar-refractivity contribution in [2.75, 3.05) is 11.9 Å². The lowest BCUT2D eigenvalue weighted by atomic mass is 9.70. The summed E-state index contributed by atoms with van der Waals surface area (Å²) >= 11 is 2.98. The minimum absolute atomic E-state index is 0.0450. The van der Waals surface area contributed by atoms with Crippen LogP contribution < -0.4 is 0 Å². The molecule has 2 fully saturated rings. The van der Waals surface area contributed by atoms with Crippen LogP contribution in [0.4, 0.5) is 0 Å². The van der Waals surface area contributed by atoms with Crippen LogP contribution in [0.5, 0.6) is 0 Å². The fraction of sp³-hybridized carbons (Fsp3) is 0.857. The summed E-state index contributed by atoms with van der Waals surface area (Å²) in [6.07, 6.45) is 3.21. The Kier molecular flexibility index (Phi) is 3.96. The number of halogens is 1. The van der Waals surface area contributed by atoms with E-state index in [1.165, 1.54) is 6.42 Å². The van der Waals surface area contributed by atoms with E-state index in [4.69, 9.17) is 9.47 Å². The SMILES string of the molecule is CC1(C)C2CCC1(C)C(OC(=O)COC(=O)CBr)C2. The first-order valence-corrected chi connectivity index (χ1v) is 7.84. The molecule has 0 spiro atoms. The number of rotatable bonds is 4. The van der Waals surface area contributed by atoms with E-state index in [0.717, 1.165) is 12.8 Å². The number of carbonyl (C=O) groups excluding carboxylic acids is 2. The molecule has 3 unspecified atom stereocenters. The molecule has 3 atom stereocenters. The maximum Gasteiger partial charge on any atom is 0.344 e. The molecule has 0 saturated heterocycles. The molecule has 0 aliphatic heterocycles. The number of carbonyl (C=O) groups is 2. The molecule has 19 heavy (non-hydrogen) atoms. The van der Waals surface area contributed by atoms with Crippen molar-refractivity contribution in [2.45, 2.75) is 46.1 Å². The molecule has 0 N–H and O–H groups in total. The van der Waals surface area contributed by atoms with E-state index in [1.807, 2.05) is 0 Å². The summed E-state index contributed by atoms with van der Waals surface area (Å²) in [5, 5.41) is 0.0938. The molecule has 2 bridgehead atoms. The van der Waals surface area contributed by atoms with Crippen molar-refractivity contribution in [1.82, 2.24) is 0 Å². The van der Waals surface area contributed by atoms with Crippen molar-refractivity contribution in [2.24, 2.45) is 16.7 Å². The van der Waals surface area contributed by atoms with E-state index in [1.54, 1.807) is 0 Å². The third-order valence-corrected chi connectivity index (χ3v) is 5.91. The summed E-state index contributed by atoms with van der Waals surface area (Å²) in [5.41, 5.74) is 0.261. The molecule has 0 radical (unpaired) electrons. The van der Waals surface area contributed by atoms with Gasteiger partial charge in [0.25, 0.3) is 0 Å². The fourth-order valence-corrected chi connectivity index (χ4v) is 3.84. The predicted molar refractivity (Wildman–Crippen MR) is 73.9 cm³/mol. The van der Waals surface area contributed by atoms with Crippen LogP contribution in [-0.4, -0.2) is 30.0 Å². The highest BCUT2D eigenvalue weighted by atomic mass is 79.9. The number of alkyl halides is 1. The van der Waals surface area contributed by atoms with Gasteiger partial charge in [0.05, 0.1) is 0 Å². The zero-order valence-corrected chi connectivity index (χ0v) is 13.3. The number of fused-ring (bicyclic) bond motifs is 2. The Balaban J connectivity index is 1.91. The number of hydrogen-bond donors (Lipinski definition) is 0. The number of hydrogen-bond acceptors (Lipinski definition) is 4. The van der Waals surface area contributed by atoms with Gasteiger partial charge in [-0.1, -0.05) is 36.7 Å². The molecule has 0 aromatic heterocycles. The van der Waals surface area contributed by atoms with E-state index < -0.39 is 11.9 Å². The quantitative estimate of drug-likeness (QED) is 0.586. The lowest BCUT2D eigenvalue weighted by Gasteiger charge is -2.38. The average Bonchev–Trinajstić information content (AvgIpc) is 2.69. The summed E-state index contributed by atoms with van der Waals surface area (Å²) in [6, 6.07) is 0. The van der Waals surface area contributed by atoms with Crippen LogP contribution in [0.2, 0.25) is 0 Å². The molecule has 4 nitrogen and oxygen atoms in total. The molecule has 0 aromatic carbocycles. The molecule has 2 rings (SSSR count). The van der Waals surface area contributed by atoms with Crippen LogP contribution in [0.3, 0.4) is 0 Å². The third-order valence-electron chi connectivity index (χ3n) is 5.45. The Morgan fingerprint density at radius 3 is 2.42 bits per heavy atom. The second-order valence-corrected chi connectivity index (χ2v) is 6.94. The predicted octanol–water partition coefficient (Wildman–Crippen LogP) is 2.68. The van der Waals surface area contributed by atoms with E-state index in [9.17, 15) is 9.59 Å². The summed E-state index contributed by atoms with van der Waals surface area (Å²) in [5.74, 6) is -0.263. The van der Waals surface area contributed by atoms with Gasteiger partial charge < -0.3 is 9.47 Å². The third kappa shape index (κ3) is 2.41. The van der Waals surface area contributed by atoms with E-state index in [2.05, 4.69) is 36.7 Å². The van der Waals surface area contributed by atoms with Gasteiger partial charge in [-0.05, 0) is 30.6 Å². The van der Waals surface area contributed by atoms with Crippen molar-refractivity contribution in [3.05, 3.63) is 0 Å². The molecule has 0 aromatic rings. The first-order valence-electron chi connectivity index (χ1n) is 6.72. The Hall–Kier alpha value is -0.580. The van der Waals surface area contributed by atoms with Gasteiger partial charge in [-0.3, -0.25) is 4.79 Å². The van der Waals surface area contributed by atoms with Crippen molar-refractivity contribution in [1.29, 1.82) is 0 Å². The van der Waals surface area contributed by atoms with Crippen molar-refractivity contribution in [3.8, 4) is 0 Å². The molecular weight excluding hydrogens is 312 g/mol. The molecule has 2 saturated carbocycles. The van der Waals surface area contributed by atoms with Crippen LogP contribution in [-0.2, 0) is 19.1 Å². The van der Waals surface area contributed by atoms with Gasteiger partial charge in [0.1, 0.15) is 11.4 Å².